The lowest BCUT2D eigenvalue weighted by atomic mass is 10.1. The van der Waals surface area contributed by atoms with E-state index in [9.17, 15) is 4.79 Å². The minimum Gasteiger partial charge on any atom is -0.479 e. The lowest BCUT2D eigenvalue weighted by Gasteiger charge is -2.17. The summed E-state index contributed by atoms with van der Waals surface area (Å²) in [5.41, 5.74) is 1.11. The van der Waals surface area contributed by atoms with E-state index >= 15 is 0 Å². The second-order valence-electron chi connectivity index (χ2n) is 5.12. The molecule has 0 spiro atoms. The van der Waals surface area contributed by atoms with Gasteiger partial charge in [-0.25, -0.2) is 0 Å². The fourth-order valence-electron chi connectivity index (χ4n) is 2.36. The first-order chi connectivity index (χ1) is 9.52. The van der Waals surface area contributed by atoms with Crippen molar-refractivity contribution in [2.24, 2.45) is 0 Å². The van der Waals surface area contributed by atoms with Gasteiger partial charge >= 0.3 is 0 Å². The van der Waals surface area contributed by atoms with Crippen LogP contribution in [0.3, 0.4) is 0 Å². The van der Waals surface area contributed by atoms with E-state index in [1.165, 1.54) is 0 Å². The van der Waals surface area contributed by atoms with Crippen LogP contribution in [0.25, 0.3) is 0 Å². The van der Waals surface area contributed by atoms with Gasteiger partial charge in [-0.2, -0.15) is 0 Å². The molecule has 1 aliphatic rings. The van der Waals surface area contributed by atoms with Crippen molar-refractivity contribution in [1.82, 2.24) is 10.2 Å². The van der Waals surface area contributed by atoms with E-state index in [2.05, 4.69) is 19.2 Å². The van der Waals surface area contributed by atoms with E-state index in [-0.39, 0.29) is 11.9 Å². The Labute approximate surface area is 125 Å². The minimum atomic E-state index is -0.408. The van der Waals surface area contributed by atoms with Gasteiger partial charge in [-0.1, -0.05) is 24.6 Å². The molecule has 5 heteroatoms. The molecule has 2 atom stereocenters. The molecule has 1 aromatic carbocycles. The molecule has 2 unspecified atom stereocenters. The first-order valence-corrected chi connectivity index (χ1v) is 7.35. The number of nitrogens with one attached hydrogen (secondary N) is 1. The summed E-state index contributed by atoms with van der Waals surface area (Å²) in [6, 6.07) is 5.97. The van der Waals surface area contributed by atoms with Gasteiger partial charge in [-0.05, 0) is 31.2 Å². The number of likely N-dealkylation sites (N-methyl/N-ethyl adjacent to an activating group) is 1. The molecule has 1 aliphatic heterocycles. The Morgan fingerprint density at radius 1 is 1.55 bits per heavy atom. The average molecular weight is 297 g/mol. The monoisotopic (exact) mass is 296 g/mol. The second kappa shape index (κ2) is 6.46. The average Bonchev–Trinajstić information content (AvgIpc) is 2.73. The van der Waals surface area contributed by atoms with Crippen LogP contribution < -0.4 is 10.1 Å². The van der Waals surface area contributed by atoms with Gasteiger partial charge in [0.2, 0.25) is 0 Å². The summed E-state index contributed by atoms with van der Waals surface area (Å²) in [6.07, 6.45) is 0.302. The van der Waals surface area contributed by atoms with E-state index in [1.54, 1.807) is 11.9 Å². The fraction of sp³-hybridized carbons (Fsp3) is 0.533. The van der Waals surface area contributed by atoms with Crippen molar-refractivity contribution < 1.29 is 9.53 Å². The molecule has 110 valence electrons. The lowest BCUT2D eigenvalue weighted by molar-refractivity contribution is -0.132. The van der Waals surface area contributed by atoms with Crippen LogP contribution in [0.5, 0.6) is 5.75 Å². The van der Waals surface area contributed by atoms with E-state index in [4.69, 9.17) is 16.3 Å². The van der Waals surface area contributed by atoms with Crippen LogP contribution in [0.1, 0.15) is 31.9 Å². The van der Waals surface area contributed by atoms with Gasteiger partial charge < -0.3 is 15.0 Å². The van der Waals surface area contributed by atoms with Crippen molar-refractivity contribution in [1.29, 1.82) is 0 Å². The molecule has 0 bridgehead atoms. The predicted octanol–water partition coefficient (Wildman–Crippen LogP) is 2.62. The molecular weight excluding hydrogens is 276 g/mol. The first-order valence-electron chi connectivity index (χ1n) is 6.97. The van der Waals surface area contributed by atoms with E-state index in [1.807, 2.05) is 18.2 Å². The molecule has 1 aromatic rings. The molecule has 1 saturated heterocycles. The third-order valence-corrected chi connectivity index (χ3v) is 3.91. The predicted molar refractivity (Wildman–Crippen MR) is 80.2 cm³/mol. The zero-order valence-corrected chi connectivity index (χ0v) is 12.9. The van der Waals surface area contributed by atoms with Crippen LogP contribution in [0.4, 0.5) is 0 Å². The summed E-state index contributed by atoms with van der Waals surface area (Å²) in [4.78, 5) is 13.5. The van der Waals surface area contributed by atoms with Gasteiger partial charge in [0.1, 0.15) is 5.75 Å². The highest BCUT2D eigenvalue weighted by atomic mass is 35.5. The van der Waals surface area contributed by atoms with Crippen LogP contribution >= 0.6 is 11.6 Å². The van der Waals surface area contributed by atoms with Crippen LogP contribution in [0, 0.1) is 0 Å². The molecule has 1 heterocycles. The largest absolute Gasteiger partial charge is 0.479 e. The molecule has 0 aromatic heterocycles. The molecular formula is C15H21ClN2O2. The Balaban J connectivity index is 2.08. The minimum absolute atomic E-state index is 0.0196. The van der Waals surface area contributed by atoms with Crippen LogP contribution in [0.2, 0.25) is 5.02 Å². The molecule has 0 aliphatic carbocycles. The standard InChI is InChI=1S/C15H21ClN2O2/c1-4-17-10(2)11-5-6-13(12(16)9-11)20-14-7-8-18(3)15(14)19/h5-6,9-10,14,17H,4,7-8H2,1-3H3. The van der Waals surface area contributed by atoms with Crippen molar-refractivity contribution in [3.8, 4) is 5.75 Å². The summed E-state index contributed by atoms with van der Waals surface area (Å²) < 4.78 is 5.74. The van der Waals surface area contributed by atoms with Crippen molar-refractivity contribution in [2.75, 3.05) is 20.1 Å². The van der Waals surface area contributed by atoms with Crippen molar-refractivity contribution in [3.05, 3.63) is 28.8 Å². The Bertz CT molecular complexity index is 493. The van der Waals surface area contributed by atoms with Crippen molar-refractivity contribution >= 4 is 17.5 Å². The molecule has 20 heavy (non-hydrogen) atoms. The number of carbonyl (C=O) groups excluding carboxylic acids is 1. The Kier molecular flexibility index (Phi) is 4.89. The van der Waals surface area contributed by atoms with Gasteiger partial charge in [0.05, 0.1) is 5.02 Å². The lowest BCUT2D eigenvalue weighted by Crippen LogP contribution is -2.29. The zero-order chi connectivity index (χ0) is 14.7. The van der Waals surface area contributed by atoms with E-state index in [0.717, 1.165) is 18.7 Å². The molecule has 0 saturated carbocycles. The number of hydrogen-bond donors (Lipinski definition) is 1. The number of nitrogens with zero attached hydrogens (tertiary/aromatic N) is 1. The highest BCUT2D eigenvalue weighted by Gasteiger charge is 2.31. The third kappa shape index (κ3) is 3.25. The second-order valence-corrected chi connectivity index (χ2v) is 5.53. The summed E-state index contributed by atoms with van der Waals surface area (Å²) in [5, 5.41) is 3.88. The van der Waals surface area contributed by atoms with Gasteiger partial charge in [-0.3, -0.25) is 4.79 Å². The molecule has 1 fully saturated rings. The number of rotatable bonds is 5. The highest BCUT2D eigenvalue weighted by molar-refractivity contribution is 6.32. The topological polar surface area (TPSA) is 41.6 Å². The summed E-state index contributed by atoms with van der Waals surface area (Å²) in [7, 11) is 1.79. The van der Waals surface area contributed by atoms with Gasteiger partial charge in [0, 0.05) is 26.1 Å². The van der Waals surface area contributed by atoms with Crippen molar-refractivity contribution in [3.63, 3.8) is 0 Å². The summed E-state index contributed by atoms with van der Waals surface area (Å²) in [5.74, 6) is 0.596. The number of halogens is 1. The van der Waals surface area contributed by atoms with Crippen molar-refractivity contribution in [2.45, 2.75) is 32.4 Å². The maximum atomic E-state index is 11.8. The third-order valence-electron chi connectivity index (χ3n) is 3.61. The number of hydrogen-bond acceptors (Lipinski definition) is 3. The van der Waals surface area contributed by atoms with Gasteiger partial charge in [-0.15, -0.1) is 0 Å². The maximum absolute atomic E-state index is 11.8. The molecule has 0 radical (unpaired) electrons. The number of amides is 1. The Hall–Kier alpha value is -1.26. The van der Waals surface area contributed by atoms with E-state index < -0.39 is 6.10 Å². The molecule has 1 N–H and O–H groups in total. The molecule has 4 nitrogen and oxygen atoms in total. The first kappa shape index (κ1) is 15.1. The quantitative estimate of drug-likeness (QED) is 0.908. The normalized spacial score (nSPS) is 20.3. The number of ether oxygens (including phenoxy) is 1. The zero-order valence-electron chi connectivity index (χ0n) is 12.1. The molecule has 2 rings (SSSR count). The Morgan fingerprint density at radius 2 is 2.30 bits per heavy atom. The SMILES string of the molecule is CCNC(C)c1ccc(OC2CCN(C)C2=O)c(Cl)c1. The number of benzene rings is 1. The summed E-state index contributed by atoms with van der Waals surface area (Å²) in [6.45, 7) is 5.79. The van der Waals surface area contributed by atoms with Gasteiger partial charge in [0.15, 0.2) is 6.10 Å². The highest BCUT2D eigenvalue weighted by Crippen LogP contribution is 2.30. The van der Waals surface area contributed by atoms with Crippen LogP contribution in [-0.4, -0.2) is 37.0 Å². The van der Waals surface area contributed by atoms with E-state index in [0.29, 0.717) is 17.2 Å². The van der Waals surface area contributed by atoms with Crippen LogP contribution in [-0.2, 0) is 4.79 Å². The smallest absolute Gasteiger partial charge is 0.263 e. The maximum Gasteiger partial charge on any atom is 0.263 e. The van der Waals surface area contributed by atoms with Crippen LogP contribution in [0.15, 0.2) is 18.2 Å². The fourth-order valence-corrected chi connectivity index (χ4v) is 2.59. The number of carbonyl (C=O) groups is 1. The Morgan fingerprint density at radius 3 is 2.85 bits per heavy atom. The molecule has 1 amide bonds. The summed E-state index contributed by atoms with van der Waals surface area (Å²) >= 11 is 6.26. The van der Waals surface area contributed by atoms with Gasteiger partial charge in [0.25, 0.3) is 5.91 Å². The number of likely N-dealkylation sites (tertiary alicyclic amines) is 1.